The van der Waals surface area contributed by atoms with E-state index in [9.17, 15) is 0 Å². The Kier molecular flexibility index (Phi) is 5.18. The number of halogens is 2. The Morgan fingerprint density at radius 1 is 1.21 bits per heavy atom. The second-order valence-corrected chi connectivity index (χ2v) is 6.04. The Bertz CT molecular complexity index is 264. The van der Waals surface area contributed by atoms with E-state index in [-0.39, 0.29) is 0 Å². The molecule has 2 heteroatoms. The van der Waals surface area contributed by atoms with Gasteiger partial charge in [-0.25, -0.2) is 0 Å². The number of benzene rings is 1. The van der Waals surface area contributed by atoms with E-state index >= 15 is 0 Å². The molecule has 2 unspecified atom stereocenters. The van der Waals surface area contributed by atoms with Crippen molar-refractivity contribution in [3.05, 3.63) is 34.3 Å². The highest BCUT2D eigenvalue weighted by atomic mass is 79.9. The van der Waals surface area contributed by atoms with Gasteiger partial charge in [-0.15, -0.1) is 0 Å². The summed E-state index contributed by atoms with van der Waals surface area (Å²) in [6.45, 7) is 4.48. The minimum atomic E-state index is 0.594. The fraction of sp³-hybridized carbons (Fsp3) is 0.500. The monoisotopic (exact) mass is 318 g/mol. The Labute approximate surface area is 103 Å². The van der Waals surface area contributed by atoms with Gasteiger partial charge in [0.05, 0.1) is 0 Å². The standard InChI is InChI=1S/C12H16Br2/c1-3-11(9(2)13)8-10-4-6-12(14)7-5-10/h4-7,9,11H,3,8H2,1-2H3. The van der Waals surface area contributed by atoms with Crippen LogP contribution < -0.4 is 0 Å². The predicted octanol–water partition coefficient (Wildman–Crippen LogP) is 4.80. The predicted molar refractivity (Wildman–Crippen MR) is 70.0 cm³/mol. The highest BCUT2D eigenvalue weighted by molar-refractivity contribution is 9.10. The summed E-state index contributed by atoms with van der Waals surface area (Å²) in [5, 5.41) is 0. The van der Waals surface area contributed by atoms with Gasteiger partial charge >= 0.3 is 0 Å². The molecule has 0 heterocycles. The van der Waals surface area contributed by atoms with Gasteiger partial charge in [0.15, 0.2) is 0 Å². The van der Waals surface area contributed by atoms with Crippen LogP contribution in [0.5, 0.6) is 0 Å². The zero-order valence-corrected chi connectivity index (χ0v) is 11.8. The van der Waals surface area contributed by atoms with E-state index in [1.54, 1.807) is 0 Å². The van der Waals surface area contributed by atoms with Crippen molar-refractivity contribution in [3.8, 4) is 0 Å². The van der Waals surface area contributed by atoms with Crippen molar-refractivity contribution in [1.82, 2.24) is 0 Å². The van der Waals surface area contributed by atoms with E-state index in [1.165, 1.54) is 12.0 Å². The molecule has 0 nitrogen and oxygen atoms in total. The van der Waals surface area contributed by atoms with Gasteiger partial charge in [-0.1, -0.05) is 64.3 Å². The van der Waals surface area contributed by atoms with Gasteiger partial charge in [-0.3, -0.25) is 0 Å². The number of rotatable bonds is 4. The van der Waals surface area contributed by atoms with Crippen LogP contribution in [-0.4, -0.2) is 4.83 Å². The van der Waals surface area contributed by atoms with E-state index in [4.69, 9.17) is 0 Å². The normalized spacial score (nSPS) is 15.1. The van der Waals surface area contributed by atoms with Crippen molar-refractivity contribution in [3.63, 3.8) is 0 Å². The molecular formula is C12H16Br2. The van der Waals surface area contributed by atoms with Crippen LogP contribution in [0.3, 0.4) is 0 Å². The first-order valence-corrected chi connectivity index (χ1v) is 6.73. The largest absolute Gasteiger partial charge is 0.0891 e. The van der Waals surface area contributed by atoms with Gasteiger partial charge in [0, 0.05) is 9.30 Å². The van der Waals surface area contributed by atoms with E-state index in [0.717, 1.165) is 16.8 Å². The molecule has 0 saturated carbocycles. The lowest BCUT2D eigenvalue weighted by Crippen LogP contribution is -2.12. The van der Waals surface area contributed by atoms with Gasteiger partial charge in [-0.2, -0.15) is 0 Å². The molecule has 0 aliphatic carbocycles. The Hall–Kier alpha value is 0.180. The molecule has 0 fully saturated rings. The SMILES string of the molecule is CCC(Cc1ccc(Br)cc1)C(C)Br. The fourth-order valence-electron chi connectivity index (χ4n) is 1.55. The van der Waals surface area contributed by atoms with Crippen molar-refractivity contribution in [2.75, 3.05) is 0 Å². The molecule has 0 aromatic heterocycles. The fourth-order valence-corrected chi connectivity index (χ4v) is 2.38. The summed E-state index contributed by atoms with van der Waals surface area (Å²) in [5.41, 5.74) is 1.42. The highest BCUT2D eigenvalue weighted by Gasteiger charge is 2.12. The molecule has 0 aliphatic rings. The zero-order valence-electron chi connectivity index (χ0n) is 8.63. The molecule has 1 aromatic carbocycles. The van der Waals surface area contributed by atoms with Crippen LogP contribution in [0.1, 0.15) is 25.8 Å². The minimum Gasteiger partial charge on any atom is -0.0891 e. The summed E-state index contributed by atoms with van der Waals surface area (Å²) in [6.07, 6.45) is 2.39. The molecule has 78 valence electrons. The van der Waals surface area contributed by atoms with Crippen LogP contribution in [0, 0.1) is 5.92 Å². The summed E-state index contributed by atoms with van der Waals surface area (Å²) >= 11 is 7.11. The van der Waals surface area contributed by atoms with Gasteiger partial charge in [0.2, 0.25) is 0 Å². The van der Waals surface area contributed by atoms with Gasteiger partial charge in [-0.05, 0) is 30.0 Å². The van der Waals surface area contributed by atoms with Crippen molar-refractivity contribution < 1.29 is 0 Å². The molecule has 2 atom stereocenters. The van der Waals surface area contributed by atoms with Crippen LogP contribution >= 0.6 is 31.9 Å². The number of hydrogen-bond acceptors (Lipinski definition) is 0. The quantitative estimate of drug-likeness (QED) is 0.699. The average molecular weight is 320 g/mol. The van der Waals surface area contributed by atoms with Crippen LogP contribution in [0.2, 0.25) is 0 Å². The summed E-state index contributed by atoms with van der Waals surface area (Å²) in [6, 6.07) is 8.62. The smallest absolute Gasteiger partial charge is 0.0175 e. The molecule has 0 amide bonds. The van der Waals surface area contributed by atoms with Crippen molar-refractivity contribution >= 4 is 31.9 Å². The summed E-state index contributed by atoms with van der Waals surface area (Å²) < 4.78 is 1.15. The van der Waals surface area contributed by atoms with Crippen LogP contribution in [0.25, 0.3) is 0 Å². The third-order valence-corrected chi connectivity index (χ3v) is 3.86. The maximum atomic E-state index is 3.66. The van der Waals surface area contributed by atoms with Gasteiger partial charge in [0.1, 0.15) is 0 Å². The van der Waals surface area contributed by atoms with Crippen LogP contribution in [0.15, 0.2) is 28.7 Å². The van der Waals surface area contributed by atoms with Crippen LogP contribution in [-0.2, 0) is 6.42 Å². The van der Waals surface area contributed by atoms with Crippen molar-refractivity contribution in [2.45, 2.75) is 31.5 Å². The molecule has 0 radical (unpaired) electrons. The summed E-state index contributed by atoms with van der Waals surface area (Å²) in [7, 11) is 0. The first kappa shape index (κ1) is 12.3. The maximum Gasteiger partial charge on any atom is 0.0175 e. The number of alkyl halides is 1. The number of hydrogen-bond donors (Lipinski definition) is 0. The molecule has 0 saturated heterocycles. The molecule has 0 spiro atoms. The Morgan fingerprint density at radius 2 is 1.79 bits per heavy atom. The third kappa shape index (κ3) is 3.74. The van der Waals surface area contributed by atoms with Crippen molar-refractivity contribution in [1.29, 1.82) is 0 Å². The van der Waals surface area contributed by atoms with Crippen molar-refractivity contribution in [2.24, 2.45) is 5.92 Å². The zero-order chi connectivity index (χ0) is 10.6. The second-order valence-electron chi connectivity index (χ2n) is 3.68. The molecule has 14 heavy (non-hydrogen) atoms. The van der Waals surface area contributed by atoms with Gasteiger partial charge < -0.3 is 0 Å². The minimum absolute atomic E-state index is 0.594. The lowest BCUT2D eigenvalue weighted by Gasteiger charge is -2.17. The Morgan fingerprint density at radius 3 is 2.21 bits per heavy atom. The molecule has 1 aromatic rings. The third-order valence-electron chi connectivity index (χ3n) is 2.59. The first-order chi connectivity index (χ1) is 6.63. The molecule has 1 rings (SSSR count). The van der Waals surface area contributed by atoms with Gasteiger partial charge in [0.25, 0.3) is 0 Å². The average Bonchev–Trinajstić information content (AvgIpc) is 2.16. The summed E-state index contributed by atoms with van der Waals surface area (Å²) in [5.74, 6) is 0.733. The molecule has 0 bridgehead atoms. The molecule has 0 aliphatic heterocycles. The lowest BCUT2D eigenvalue weighted by molar-refractivity contribution is 0.508. The topological polar surface area (TPSA) is 0 Å². The maximum absolute atomic E-state index is 3.66. The second kappa shape index (κ2) is 5.92. The summed E-state index contributed by atoms with van der Waals surface area (Å²) in [4.78, 5) is 0.594. The van der Waals surface area contributed by atoms with E-state index in [2.05, 4.69) is 70.0 Å². The first-order valence-electron chi connectivity index (χ1n) is 5.02. The highest BCUT2D eigenvalue weighted by Crippen LogP contribution is 2.22. The lowest BCUT2D eigenvalue weighted by atomic mass is 9.95. The molecular weight excluding hydrogens is 304 g/mol. The Balaban J connectivity index is 2.63. The van der Waals surface area contributed by atoms with Crippen LogP contribution in [0.4, 0.5) is 0 Å². The van der Waals surface area contributed by atoms with E-state index in [0.29, 0.717) is 4.83 Å². The molecule has 0 N–H and O–H groups in total. The van der Waals surface area contributed by atoms with E-state index in [1.807, 2.05) is 0 Å². The van der Waals surface area contributed by atoms with E-state index < -0.39 is 0 Å².